The number of rotatable bonds is 5. The highest BCUT2D eigenvalue weighted by Crippen LogP contribution is 2.26. The van der Waals surface area contributed by atoms with Gasteiger partial charge in [-0.15, -0.1) is 0 Å². The van der Waals surface area contributed by atoms with E-state index in [0.29, 0.717) is 35.1 Å². The van der Waals surface area contributed by atoms with E-state index in [2.05, 4.69) is 5.10 Å². The van der Waals surface area contributed by atoms with E-state index in [1.807, 2.05) is 26.8 Å². The normalized spacial score (nSPS) is 10.7. The number of nitrogens with zero attached hydrogens (tertiary/aromatic N) is 2. The van der Waals surface area contributed by atoms with Crippen molar-refractivity contribution < 1.29 is 9.53 Å². The van der Waals surface area contributed by atoms with Gasteiger partial charge in [-0.3, -0.25) is 9.48 Å². The molecule has 0 unspecified atom stereocenters. The van der Waals surface area contributed by atoms with Gasteiger partial charge in [0.05, 0.1) is 12.2 Å². The van der Waals surface area contributed by atoms with E-state index < -0.39 is 0 Å². The van der Waals surface area contributed by atoms with Crippen LogP contribution in [0.15, 0.2) is 18.2 Å². The van der Waals surface area contributed by atoms with Gasteiger partial charge in [-0.25, -0.2) is 0 Å². The van der Waals surface area contributed by atoms with Gasteiger partial charge in [0.1, 0.15) is 5.69 Å². The van der Waals surface area contributed by atoms with Crippen molar-refractivity contribution >= 4 is 23.3 Å². The topological polar surface area (TPSA) is 70.1 Å². The van der Waals surface area contributed by atoms with E-state index >= 15 is 0 Å². The molecule has 1 heterocycles. The van der Waals surface area contributed by atoms with E-state index in [9.17, 15) is 4.79 Å². The van der Waals surface area contributed by atoms with Crippen LogP contribution in [0.1, 0.15) is 36.7 Å². The molecule has 0 aliphatic rings. The summed E-state index contributed by atoms with van der Waals surface area (Å²) in [6.07, 6.45) is 1.15. The molecule has 0 aliphatic carbocycles. The predicted molar refractivity (Wildman–Crippen MR) is 87.2 cm³/mol. The summed E-state index contributed by atoms with van der Waals surface area (Å²) in [4.78, 5) is 11.7. The third-order valence-electron chi connectivity index (χ3n) is 3.38. The first-order chi connectivity index (χ1) is 10.4. The van der Waals surface area contributed by atoms with Crippen molar-refractivity contribution in [3.63, 3.8) is 0 Å². The van der Waals surface area contributed by atoms with E-state index in [1.54, 1.807) is 16.8 Å². The molecule has 0 atom stereocenters. The summed E-state index contributed by atoms with van der Waals surface area (Å²) < 4.78 is 7.19. The van der Waals surface area contributed by atoms with Crippen molar-refractivity contribution in [1.82, 2.24) is 9.78 Å². The Morgan fingerprint density at radius 2 is 2.14 bits per heavy atom. The molecular weight excluding hydrogens is 302 g/mol. The number of nitrogens with two attached hydrogens (primary N) is 1. The van der Waals surface area contributed by atoms with Crippen molar-refractivity contribution in [1.29, 1.82) is 0 Å². The van der Waals surface area contributed by atoms with Gasteiger partial charge in [0.15, 0.2) is 5.75 Å². The first-order valence-corrected chi connectivity index (χ1v) is 7.58. The van der Waals surface area contributed by atoms with E-state index in [4.69, 9.17) is 22.1 Å². The average Bonchev–Trinajstić information content (AvgIpc) is 2.70. The fraction of sp³-hybridized carbons (Fsp3) is 0.375. The first kappa shape index (κ1) is 16.4. The molecule has 0 saturated carbocycles. The molecule has 0 saturated heterocycles. The van der Waals surface area contributed by atoms with Crippen LogP contribution in [0.25, 0.3) is 0 Å². The number of nitrogen functional groups attached to an aromatic ring is 1. The van der Waals surface area contributed by atoms with Crippen LogP contribution in [0, 0.1) is 13.8 Å². The minimum Gasteiger partial charge on any atom is -0.423 e. The number of aromatic nitrogens is 2. The molecule has 0 fully saturated rings. The average molecular weight is 322 g/mol. The van der Waals surface area contributed by atoms with Gasteiger partial charge < -0.3 is 10.5 Å². The van der Waals surface area contributed by atoms with Crippen LogP contribution in [0.4, 0.5) is 5.69 Å². The van der Waals surface area contributed by atoms with Crippen molar-refractivity contribution in [2.45, 2.75) is 40.2 Å². The Bertz CT molecular complexity index is 695. The summed E-state index contributed by atoms with van der Waals surface area (Å²) in [5.74, 6) is 0.295. The third-order valence-corrected chi connectivity index (χ3v) is 3.73. The van der Waals surface area contributed by atoms with Crippen LogP contribution < -0.4 is 10.5 Å². The minimum atomic E-state index is -0.237. The van der Waals surface area contributed by atoms with Gasteiger partial charge in [-0.1, -0.05) is 24.6 Å². The Labute approximate surface area is 135 Å². The maximum absolute atomic E-state index is 11.7. The fourth-order valence-electron chi connectivity index (χ4n) is 2.20. The van der Waals surface area contributed by atoms with Crippen LogP contribution >= 0.6 is 11.6 Å². The third kappa shape index (κ3) is 3.60. The maximum atomic E-state index is 11.7. The standard InChI is InChI=1S/C16H20ClN3O2/c1-4-5-15(21)22-16-10(2)19-20(11(16)3)9-12-6-7-13(18)8-14(12)17/h6-8H,4-5,9,18H2,1-3H3. The number of hydrogen-bond donors (Lipinski definition) is 1. The number of benzene rings is 1. The first-order valence-electron chi connectivity index (χ1n) is 7.21. The number of carbonyl (C=O) groups excluding carboxylic acids is 1. The smallest absolute Gasteiger partial charge is 0.311 e. The van der Waals surface area contributed by atoms with Crippen LogP contribution in [-0.4, -0.2) is 15.7 Å². The molecule has 2 aromatic rings. The number of hydrogen-bond acceptors (Lipinski definition) is 4. The number of anilines is 1. The number of aryl methyl sites for hydroxylation is 1. The van der Waals surface area contributed by atoms with E-state index in [-0.39, 0.29) is 5.97 Å². The van der Waals surface area contributed by atoms with Crippen molar-refractivity contribution in [3.8, 4) is 5.75 Å². The molecule has 0 bridgehead atoms. The van der Waals surface area contributed by atoms with Gasteiger partial charge in [-0.2, -0.15) is 5.10 Å². The SMILES string of the molecule is CCCC(=O)Oc1c(C)nn(Cc2ccc(N)cc2Cl)c1C. The van der Waals surface area contributed by atoms with Gasteiger partial charge in [-0.05, 0) is 38.0 Å². The molecule has 22 heavy (non-hydrogen) atoms. The van der Waals surface area contributed by atoms with Crippen LogP contribution in [0.2, 0.25) is 5.02 Å². The molecule has 5 nitrogen and oxygen atoms in total. The van der Waals surface area contributed by atoms with Crippen molar-refractivity contribution in [2.75, 3.05) is 5.73 Å². The monoisotopic (exact) mass is 321 g/mol. The molecule has 1 aromatic heterocycles. The van der Waals surface area contributed by atoms with Gasteiger partial charge >= 0.3 is 5.97 Å². The molecule has 2 rings (SSSR count). The zero-order valence-electron chi connectivity index (χ0n) is 13.0. The lowest BCUT2D eigenvalue weighted by Crippen LogP contribution is -2.09. The molecule has 118 valence electrons. The number of halogens is 1. The summed E-state index contributed by atoms with van der Waals surface area (Å²) in [6.45, 7) is 6.13. The Kier molecular flexibility index (Phi) is 5.08. The Hall–Kier alpha value is -2.01. The van der Waals surface area contributed by atoms with Crippen molar-refractivity contribution in [3.05, 3.63) is 40.2 Å². The Morgan fingerprint density at radius 3 is 2.77 bits per heavy atom. The largest absolute Gasteiger partial charge is 0.423 e. The molecule has 0 amide bonds. The molecule has 0 radical (unpaired) electrons. The van der Waals surface area contributed by atoms with Gasteiger partial charge in [0.2, 0.25) is 0 Å². The lowest BCUT2D eigenvalue weighted by atomic mass is 10.2. The Morgan fingerprint density at radius 1 is 1.41 bits per heavy atom. The van der Waals surface area contributed by atoms with E-state index in [1.165, 1.54) is 0 Å². The second-order valence-electron chi connectivity index (χ2n) is 5.23. The molecule has 0 aliphatic heterocycles. The number of carbonyl (C=O) groups is 1. The summed E-state index contributed by atoms with van der Waals surface area (Å²) in [5.41, 5.74) is 8.72. The molecule has 6 heteroatoms. The second-order valence-corrected chi connectivity index (χ2v) is 5.64. The molecular formula is C16H20ClN3O2. The van der Waals surface area contributed by atoms with Gasteiger partial charge in [0.25, 0.3) is 0 Å². The molecule has 2 N–H and O–H groups in total. The Balaban J connectivity index is 2.24. The summed E-state index contributed by atoms with van der Waals surface area (Å²) in [7, 11) is 0. The highest BCUT2D eigenvalue weighted by Gasteiger charge is 2.16. The molecule has 0 spiro atoms. The van der Waals surface area contributed by atoms with Crippen LogP contribution in [0.5, 0.6) is 5.75 Å². The van der Waals surface area contributed by atoms with E-state index in [0.717, 1.165) is 17.7 Å². The van der Waals surface area contributed by atoms with Crippen molar-refractivity contribution in [2.24, 2.45) is 0 Å². The van der Waals surface area contributed by atoms with Crippen LogP contribution in [0.3, 0.4) is 0 Å². The zero-order valence-corrected chi connectivity index (χ0v) is 13.8. The summed E-state index contributed by atoms with van der Waals surface area (Å²) >= 11 is 6.20. The number of esters is 1. The maximum Gasteiger partial charge on any atom is 0.311 e. The highest BCUT2D eigenvalue weighted by molar-refractivity contribution is 6.31. The summed E-state index contributed by atoms with van der Waals surface area (Å²) in [6, 6.07) is 5.39. The second kappa shape index (κ2) is 6.83. The lowest BCUT2D eigenvalue weighted by Gasteiger charge is -2.08. The predicted octanol–water partition coefficient (Wildman–Crippen LogP) is 3.49. The van der Waals surface area contributed by atoms with Crippen LogP contribution in [-0.2, 0) is 11.3 Å². The fourth-order valence-corrected chi connectivity index (χ4v) is 2.45. The zero-order chi connectivity index (χ0) is 16.3. The minimum absolute atomic E-state index is 0.237. The highest BCUT2D eigenvalue weighted by atomic mass is 35.5. The lowest BCUT2D eigenvalue weighted by molar-refractivity contribution is -0.134. The molecule has 1 aromatic carbocycles. The number of ether oxygens (including phenoxy) is 1. The quantitative estimate of drug-likeness (QED) is 0.676. The summed E-state index contributed by atoms with van der Waals surface area (Å²) in [5, 5.41) is 5.03. The van der Waals surface area contributed by atoms with Gasteiger partial charge in [0, 0.05) is 17.1 Å².